The van der Waals surface area contributed by atoms with E-state index in [1.807, 2.05) is 6.92 Å². The lowest BCUT2D eigenvalue weighted by Crippen LogP contribution is -2.67. The third kappa shape index (κ3) is 2.86. The molecule has 1 spiro atoms. The van der Waals surface area contributed by atoms with Crippen LogP contribution in [0.25, 0.3) is 0 Å². The standard InChI is InChI=1S/C13H27N3O2/c1-12(17-2,18-3)11-16-9-8-15-10-13(16)4-6-14-7-5-13/h14-15H,4-11H2,1-3H3. The van der Waals surface area contributed by atoms with Crippen LogP contribution in [0.1, 0.15) is 19.8 Å². The number of methoxy groups -OCH3 is 2. The third-order valence-corrected chi connectivity index (χ3v) is 4.56. The Balaban J connectivity index is 2.07. The first kappa shape index (κ1) is 14.2. The highest BCUT2D eigenvalue weighted by atomic mass is 16.7. The first-order valence-electron chi connectivity index (χ1n) is 6.91. The molecule has 0 bridgehead atoms. The second-order valence-electron chi connectivity index (χ2n) is 5.61. The molecule has 0 aromatic heterocycles. The fourth-order valence-electron chi connectivity index (χ4n) is 3.08. The molecule has 0 amide bonds. The fourth-order valence-corrected chi connectivity index (χ4v) is 3.08. The summed E-state index contributed by atoms with van der Waals surface area (Å²) in [6.07, 6.45) is 2.40. The minimum Gasteiger partial charge on any atom is -0.352 e. The second kappa shape index (κ2) is 5.84. The van der Waals surface area contributed by atoms with Gasteiger partial charge in [-0.05, 0) is 32.9 Å². The van der Waals surface area contributed by atoms with E-state index in [1.54, 1.807) is 14.2 Å². The van der Waals surface area contributed by atoms with Gasteiger partial charge in [0.1, 0.15) is 0 Å². The van der Waals surface area contributed by atoms with Crippen LogP contribution >= 0.6 is 0 Å². The Morgan fingerprint density at radius 2 is 1.78 bits per heavy atom. The summed E-state index contributed by atoms with van der Waals surface area (Å²) in [5.74, 6) is -0.505. The van der Waals surface area contributed by atoms with E-state index >= 15 is 0 Å². The Hall–Kier alpha value is -0.200. The molecule has 5 heteroatoms. The fraction of sp³-hybridized carbons (Fsp3) is 1.00. The SMILES string of the molecule is COC(C)(CN1CCNCC12CCNCC2)OC. The van der Waals surface area contributed by atoms with Gasteiger partial charge in [0.2, 0.25) is 0 Å². The van der Waals surface area contributed by atoms with E-state index in [0.717, 1.165) is 39.3 Å². The molecular formula is C13H27N3O2. The summed E-state index contributed by atoms with van der Waals surface area (Å²) in [5.41, 5.74) is 0.280. The molecule has 106 valence electrons. The van der Waals surface area contributed by atoms with Crippen molar-refractivity contribution in [3.05, 3.63) is 0 Å². The van der Waals surface area contributed by atoms with Crippen molar-refractivity contribution in [2.45, 2.75) is 31.1 Å². The van der Waals surface area contributed by atoms with E-state index in [2.05, 4.69) is 15.5 Å². The maximum absolute atomic E-state index is 5.52. The van der Waals surface area contributed by atoms with Gasteiger partial charge in [-0.25, -0.2) is 0 Å². The summed E-state index contributed by atoms with van der Waals surface area (Å²) in [4.78, 5) is 2.57. The quantitative estimate of drug-likeness (QED) is 0.696. The lowest BCUT2D eigenvalue weighted by molar-refractivity contribution is -0.214. The number of nitrogens with one attached hydrogen (secondary N) is 2. The first-order chi connectivity index (χ1) is 8.64. The van der Waals surface area contributed by atoms with Crippen LogP contribution in [-0.2, 0) is 9.47 Å². The van der Waals surface area contributed by atoms with Crippen molar-refractivity contribution in [1.82, 2.24) is 15.5 Å². The smallest absolute Gasteiger partial charge is 0.177 e. The van der Waals surface area contributed by atoms with Gasteiger partial charge in [0.15, 0.2) is 5.79 Å². The molecular weight excluding hydrogens is 230 g/mol. The number of nitrogens with zero attached hydrogens (tertiary/aromatic N) is 1. The van der Waals surface area contributed by atoms with Gasteiger partial charge in [0, 0.05) is 39.4 Å². The molecule has 0 atom stereocenters. The molecule has 0 unspecified atom stereocenters. The first-order valence-corrected chi connectivity index (χ1v) is 6.91. The van der Waals surface area contributed by atoms with Crippen molar-refractivity contribution in [2.75, 3.05) is 53.5 Å². The van der Waals surface area contributed by atoms with Crippen LogP contribution in [0, 0.1) is 0 Å². The molecule has 0 saturated carbocycles. The third-order valence-electron chi connectivity index (χ3n) is 4.56. The molecule has 2 rings (SSSR count). The Bertz CT molecular complexity index is 255. The van der Waals surface area contributed by atoms with Crippen molar-refractivity contribution in [3.8, 4) is 0 Å². The summed E-state index contributed by atoms with van der Waals surface area (Å²) in [7, 11) is 3.45. The van der Waals surface area contributed by atoms with Gasteiger partial charge < -0.3 is 20.1 Å². The normalized spacial score (nSPS) is 25.5. The van der Waals surface area contributed by atoms with Crippen LogP contribution in [0.2, 0.25) is 0 Å². The predicted molar refractivity (Wildman–Crippen MR) is 71.7 cm³/mol. The number of ether oxygens (including phenoxy) is 2. The van der Waals surface area contributed by atoms with Crippen molar-refractivity contribution in [1.29, 1.82) is 0 Å². The van der Waals surface area contributed by atoms with Gasteiger partial charge in [-0.2, -0.15) is 0 Å². The van der Waals surface area contributed by atoms with Crippen molar-refractivity contribution < 1.29 is 9.47 Å². The summed E-state index contributed by atoms with van der Waals surface area (Å²) in [6.45, 7) is 8.27. The van der Waals surface area contributed by atoms with Crippen LogP contribution < -0.4 is 10.6 Å². The van der Waals surface area contributed by atoms with Gasteiger partial charge in [0.05, 0.1) is 6.54 Å². The number of piperidine rings is 1. The van der Waals surface area contributed by atoms with E-state index in [-0.39, 0.29) is 5.54 Å². The Labute approximate surface area is 110 Å². The highest BCUT2D eigenvalue weighted by Gasteiger charge is 2.42. The molecule has 0 aliphatic carbocycles. The molecule has 0 aromatic rings. The largest absolute Gasteiger partial charge is 0.352 e. The minimum atomic E-state index is -0.505. The molecule has 2 aliphatic heterocycles. The monoisotopic (exact) mass is 257 g/mol. The van der Waals surface area contributed by atoms with Crippen LogP contribution in [-0.4, -0.2) is 69.7 Å². The lowest BCUT2D eigenvalue weighted by Gasteiger charge is -2.51. The molecule has 2 heterocycles. The number of rotatable bonds is 4. The zero-order chi connectivity index (χ0) is 13.1. The van der Waals surface area contributed by atoms with E-state index in [0.29, 0.717) is 0 Å². The van der Waals surface area contributed by atoms with Crippen LogP contribution in [0.3, 0.4) is 0 Å². The molecule has 0 radical (unpaired) electrons. The molecule has 5 nitrogen and oxygen atoms in total. The van der Waals surface area contributed by atoms with Gasteiger partial charge in [-0.3, -0.25) is 4.90 Å². The summed E-state index contributed by atoms with van der Waals surface area (Å²) < 4.78 is 11.0. The van der Waals surface area contributed by atoms with E-state index in [4.69, 9.17) is 9.47 Å². The second-order valence-corrected chi connectivity index (χ2v) is 5.61. The van der Waals surface area contributed by atoms with E-state index < -0.39 is 5.79 Å². The topological polar surface area (TPSA) is 45.8 Å². The maximum atomic E-state index is 5.52. The average molecular weight is 257 g/mol. The number of hydrogen-bond acceptors (Lipinski definition) is 5. The Morgan fingerprint density at radius 3 is 2.39 bits per heavy atom. The van der Waals surface area contributed by atoms with Crippen molar-refractivity contribution in [3.63, 3.8) is 0 Å². The number of hydrogen-bond donors (Lipinski definition) is 2. The average Bonchev–Trinajstić information content (AvgIpc) is 2.42. The Kier molecular flexibility index (Phi) is 4.61. The van der Waals surface area contributed by atoms with Gasteiger partial charge >= 0.3 is 0 Å². The van der Waals surface area contributed by atoms with Crippen molar-refractivity contribution >= 4 is 0 Å². The molecule has 2 saturated heterocycles. The van der Waals surface area contributed by atoms with Crippen LogP contribution in [0.5, 0.6) is 0 Å². The van der Waals surface area contributed by atoms with E-state index in [9.17, 15) is 0 Å². The lowest BCUT2D eigenvalue weighted by atomic mass is 9.84. The molecule has 2 aliphatic rings. The molecule has 2 N–H and O–H groups in total. The minimum absolute atomic E-state index is 0.280. The molecule has 18 heavy (non-hydrogen) atoms. The molecule has 0 aromatic carbocycles. The Morgan fingerprint density at radius 1 is 1.11 bits per heavy atom. The van der Waals surface area contributed by atoms with Crippen molar-refractivity contribution in [2.24, 2.45) is 0 Å². The van der Waals surface area contributed by atoms with Gasteiger partial charge in [0.25, 0.3) is 0 Å². The predicted octanol–water partition coefficient (Wildman–Crippen LogP) is 0.0228. The zero-order valence-electron chi connectivity index (χ0n) is 11.9. The zero-order valence-corrected chi connectivity index (χ0v) is 11.9. The summed E-state index contributed by atoms with van der Waals surface area (Å²) >= 11 is 0. The highest BCUT2D eigenvalue weighted by molar-refractivity contribution is 5.00. The highest BCUT2D eigenvalue weighted by Crippen LogP contribution is 2.29. The summed E-state index contributed by atoms with van der Waals surface area (Å²) in [6, 6.07) is 0. The maximum Gasteiger partial charge on any atom is 0.177 e. The molecule has 2 fully saturated rings. The van der Waals surface area contributed by atoms with Crippen LogP contribution in [0.4, 0.5) is 0 Å². The van der Waals surface area contributed by atoms with Gasteiger partial charge in [-0.15, -0.1) is 0 Å². The number of piperazine rings is 1. The van der Waals surface area contributed by atoms with Gasteiger partial charge in [-0.1, -0.05) is 0 Å². The van der Waals surface area contributed by atoms with Crippen LogP contribution in [0.15, 0.2) is 0 Å². The summed E-state index contributed by atoms with van der Waals surface area (Å²) in [5, 5.41) is 7.00. The van der Waals surface area contributed by atoms with E-state index in [1.165, 1.54) is 12.8 Å².